The van der Waals surface area contributed by atoms with Gasteiger partial charge in [0.2, 0.25) is 5.91 Å². The molecule has 0 unspecified atom stereocenters. The summed E-state index contributed by atoms with van der Waals surface area (Å²) in [6, 6.07) is 16.5. The molecule has 0 aromatic heterocycles. The highest BCUT2D eigenvalue weighted by Crippen LogP contribution is 2.29. The second-order valence-corrected chi connectivity index (χ2v) is 6.11. The first-order valence-electron chi connectivity index (χ1n) is 7.97. The molecular weight excluding hydrogens is 304 g/mol. The van der Waals surface area contributed by atoms with Crippen molar-refractivity contribution in [2.45, 2.75) is 6.92 Å². The smallest absolute Gasteiger partial charge is 0.257 e. The van der Waals surface area contributed by atoms with E-state index in [1.807, 2.05) is 43.3 Å². The Balaban J connectivity index is 1.82. The second kappa shape index (κ2) is 6.74. The lowest BCUT2D eigenvalue weighted by atomic mass is 9.98. The summed E-state index contributed by atoms with van der Waals surface area (Å²) in [6.07, 6.45) is 0. The fourth-order valence-electron chi connectivity index (χ4n) is 3.02. The molecule has 2 aromatic rings. The predicted octanol–water partition coefficient (Wildman–Crippen LogP) is 2.67. The van der Waals surface area contributed by atoms with Crippen LogP contribution in [0.4, 0.5) is 0 Å². The summed E-state index contributed by atoms with van der Waals surface area (Å²) >= 11 is 0. The van der Waals surface area contributed by atoms with Crippen molar-refractivity contribution < 1.29 is 14.3 Å². The Morgan fingerprint density at radius 2 is 1.71 bits per heavy atom. The number of primary amides is 1. The molecule has 1 aliphatic rings. The van der Waals surface area contributed by atoms with Crippen LogP contribution in [0.15, 0.2) is 54.6 Å². The zero-order chi connectivity index (χ0) is 17.1. The van der Waals surface area contributed by atoms with E-state index in [2.05, 4.69) is 0 Å². The fourth-order valence-corrected chi connectivity index (χ4v) is 3.02. The Bertz CT molecular complexity index is 745. The number of benzene rings is 2. The molecule has 2 amide bonds. The quantitative estimate of drug-likeness (QED) is 0.940. The molecule has 2 aromatic carbocycles. The van der Waals surface area contributed by atoms with Gasteiger partial charge in [0.1, 0.15) is 11.5 Å². The van der Waals surface area contributed by atoms with Gasteiger partial charge >= 0.3 is 0 Å². The van der Waals surface area contributed by atoms with E-state index in [0.29, 0.717) is 30.2 Å². The normalized spacial score (nSPS) is 20.0. The van der Waals surface area contributed by atoms with Crippen molar-refractivity contribution in [1.82, 2.24) is 4.90 Å². The molecule has 0 saturated carbocycles. The van der Waals surface area contributed by atoms with Crippen molar-refractivity contribution in [3.05, 3.63) is 60.2 Å². The SMILES string of the molecule is C[C@@H]1CN(C(=O)c2ccccc2Oc2ccccc2)C[C@H]1C(N)=O. The minimum absolute atomic E-state index is 0.0636. The van der Waals surface area contributed by atoms with Gasteiger partial charge in [-0.15, -0.1) is 0 Å². The lowest BCUT2D eigenvalue weighted by Gasteiger charge is -2.18. The molecule has 1 aliphatic heterocycles. The van der Waals surface area contributed by atoms with Gasteiger partial charge < -0.3 is 15.4 Å². The molecule has 0 radical (unpaired) electrons. The Kier molecular flexibility index (Phi) is 4.51. The van der Waals surface area contributed by atoms with Crippen molar-refractivity contribution in [3.8, 4) is 11.5 Å². The van der Waals surface area contributed by atoms with Gasteiger partial charge in [-0.2, -0.15) is 0 Å². The molecule has 1 fully saturated rings. The summed E-state index contributed by atoms with van der Waals surface area (Å²) in [5.74, 6) is 0.444. The lowest BCUT2D eigenvalue weighted by molar-refractivity contribution is -0.122. The average molecular weight is 324 g/mol. The van der Waals surface area contributed by atoms with Crippen LogP contribution >= 0.6 is 0 Å². The maximum absolute atomic E-state index is 12.9. The van der Waals surface area contributed by atoms with Crippen LogP contribution in [0, 0.1) is 11.8 Å². The Morgan fingerprint density at radius 3 is 2.38 bits per heavy atom. The number of ether oxygens (including phenoxy) is 1. The van der Waals surface area contributed by atoms with E-state index in [9.17, 15) is 9.59 Å². The molecule has 0 bridgehead atoms. The first-order valence-corrected chi connectivity index (χ1v) is 7.97. The second-order valence-electron chi connectivity index (χ2n) is 6.11. The highest BCUT2D eigenvalue weighted by Gasteiger charge is 2.36. The van der Waals surface area contributed by atoms with Gasteiger partial charge in [0, 0.05) is 13.1 Å². The summed E-state index contributed by atoms with van der Waals surface area (Å²) in [6.45, 7) is 2.82. The molecule has 1 saturated heterocycles. The van der Waals surface area contributed by atoms with Crippen LogP contribution in [0.3, 0.4) is 0 Å². The van der Waals surface area contributed by atoms with Crippen LogP contribution < -0.4 is 10.5 Å². The molecule has 0 aliphatic carbocycles. The van der Waals surface area contributed by atoms with E-state index in [4.69, 9.17) is 10.5 Å². The van der Waals surface area contributed by atoms with Crippen molar-refractivity contribution in [3.63, 3.8) is 0 Å². The van der Waals surface area contributed by atoms with Crippen LogP contribution in [0.5, 0.6) is 11.5 Å². The monoisotopic (exact) mass is 324 g/mol. The summed E-state index contributed by atoms with van der Waals surface area (Å²) < 4.78 is 5.85. The number of carbonyl (C=O) groups is 2. The zero-order valence-electron chi connectivity index (χ0n) is 13.5. The third kappa shape index (κ3) is 3.25. The Labute approximate surface area is 141 Å². The molecule has 5 nitrogen and oxygen atoms in total. The number of nitrogens with zero attached hydrogens (tertiary/aromatic N) is 1. The number of nitrogens with two attached hydrogens (primary N) is 1. The molecule has 5 heteroatoms. The maximum Gasteiger partial charge on any atom is 0.257 e. The number of hydrogen-bond acceptors (Lipinski definition) is 3. The molecule has 2 atom stereocenters. The molecule has 2 N–H and O–H groups in total. The number of hydrogen-bond donors (Lipinski definition) is 1. The van der Waals surface area contributed by atoms with E-state index in [1.54, 1.807) is 23.1 Å². The Hall–Kier alpha value is -2.82. The fraction of sp³-hybridized carbons (Fsp3) is 0.263. The maximum atomic E-state index is 12.9. The average Bonchev–Trinajstić information content (AvgIpc) is 2.98. The molecule has 124 valence electrons. The van der Waals surface area contributed by atoms with Gasteiger partial charge in [-0.25, -0.2) is 0 Å². The standard InChI is InChI=1S/C19H20N2O3/c1-13-11-21(12-16(13)18(20)22)19(23)15-9-5-6-10-17(15)24-14-7-3-2-4-8-14/h2-10,13,16H,11-12H2,1H3,(H2,20,22)/t13-,16-/m1/s1. The van der Waals surface area contributed by atoms with E-state index >= 15 is 0 Å². The van der Waals surface area contributed by atoms with Gasteiger partial charge in [0.15, 0.2) is 0 Å². The van der Waals surface area contributed by atoms with E-state index in [1.165, 1.54) is 0 Å². The van der Waals surface area contributed by atoms with Crippen molar-refractivity contribution in [2.75, 3.05) is 13.1 Å². The molecule has 3 rings (SSSR count). The number of amides is 2. The Morgan fingerprint density at radius 1 is 1.04 bits per heavy atom. The number of rotatable bonds is 4. The van der Waals surface area contributed by atoms with Crippen molar-refractivity contribution in [1.29, 1.82) is 0 Å². The van der Waals surface area contributed by atoms with Crippen molar-refractivity contribution >= 4 is 11.8 Å². The largest absolute Gasteiger partial charge is 0.457 e. The van der Waals surface area contributed by atoms with Gasteiger partial charge in [0.05, 0.1) is 11.5 Å². The zero-order valence-corrected chi connectivity index (χ0v) is 13.5. The highest BCUT2D eigenvalue weighted by atomic mass is 16.5. The number of carbonyl (C=O) groups excluding carboxylic acids is 2. The van der Waals surface area contributed by atoms with Gasteiger partial charge in [0.25, 0.3) is 5.91 Å². The van der Waals surface area contributed by atoms with Crippen LogP contribution in [0.25, 0.3) is 0 Å². The van der Waals surface area contributed by atoms with Gasteiger partial charge in [-0.3, -0.25) is 9.59 Å². The minimum atomic E-state index is -0.355. The lowest BCUT2D eigenvalue weighted by Crippen LogP contribution is -2.32. The van der Waals surface area contributed by atoms with Crippen LogP contribution in [0.2, 0.25) is 0 Å². The molecule has 24 heavy (non-hydrogen) atoms. The summed E-state index contributed by atoms with van der Waals surface area (Å²) in [7, 11) is 0. The number of likely N-dealkylation sites (tertiary alicyclic amines) is 1. The molecule has 0 spiro atoms. The van der Waals surface area contributed by atoms with Gasteiger partial charge in [-0.1, -0.05) is 37.3 Å². The first kappa shape index (κ1) is 16.1. The van der Waals surface area contributed by atoms with E-state index < -0.39 is 0 Å². The van der Waals surface area contributed by atoms with Crippen LogP contribution in [-0.4, -0.2) is 29.8 Å². The van der Waals surface area contributed by atoms with Crippen LogP contribution in [-0.2, 0) is 4.79 Å². The first-order chi connectivity index (χ1) is 11.6. The van der Waals surface area contributed by atoms with E-state index in [0.717, 1.165) is 0 Å². The van der Waals surface area contributed by atoms with Crippen molar-refractivity contribution in [2.24, 2.45) is 17.6 Å². The third-order valence-corrected chi connectivity index (χ3v) is 4.35. The predicted molar refractivity (Wildman–Crippen MR) is 90.7 cm³/mol. The minimum Gasteiger partial charge on any atom is -0.457 e. The van der Waals surface area contributed by atoms with E-state index in [-0.39, 0.29) is 23.7 Å². The molecule has 1 heterocycles. The topological polar surface area (TPSA) is 72.6 Å². The molecular formula is C19H20N2O3. The summed E-state index contributed by atoms with van der Waals surface area (Å²) in [5, 5.41) is 0. The highest BCUT2D eigenvalue weighted by molar-refractivity contribution is 5.97. The van der Waals surface area contributed by atoms with Gasteiger partial charge in [-0.05, 0) is 30.2 Å². The third-order valence-electron chi connectivity index (χ3n) is 4.35. The number of para-hydroxylation sites is 2. The summed E-state index contributed by atoms with van der Waals surface area (Å²) in [5.41, 5.74) is 5.90. The van der Waals surface area contributed by atoms with Crippen LogP contribution in [0.1, 0.15) is 17.3 Å². The summed E-state index contributed by atoms with van der Waals surface area (Å²) in [4.78, 5) is 26.0.